The standard InChI is InChI=1S/C6H13N2O/c1-8-6(9)4-2-3-5-7/h7H,2-5H2,1H3,(H,8,9). The number of rotatable bonds is 4. The fourth-order valence-corrected chi connectivity index (χ4v) is 0.536. The predicted octanol–water partition coefficient (Wildman–Crippen LogP) is 0.186. The Hall–Kier alpha value is -0.570. The van der Waals surface area contributed by atoms with Crippen LogP contribution in [0.25, 0.3) is 0 Å². The third-order valence-corrected chi connectivity index (χ3v) is 1.11. The van der Waals surface area contributed by atoms with Crippen LogP contribution in [0, 0.1) is 0 Å². The van der Waals surface area contributed by atoms with E-state index in [-0.39, 0.29) is 5.91 Å². The summed E-state index contributed by atoms with van der Waals surface area (Å²) in [5.41, 5.74) is 6.77. The molecule has 3 heteroatoms. The first-order valence-electron chi connectivity index (χ1n) is 3.16. The summed E-state index contributed by atoms with van der Waals surface area (Å²) in [7, 11) is 1.63. The molecule has 0 fully saturated rings. The van der Waals surface area contributed by atoms with Crippen molar-refractivity contribution in [2.24, 2.45) is 0 Å². The molecule has 0 spiro atoms. The molecule has 0 atom stereocenters. The van der Waals surface area contributed by atoms with Crippen LogP contribution in [0.4, 0.5) is 0 Å². The highest BCUT2D eigenvalue weighted by atomic mass is 16.1. The number of unbranched alkanes of at least 4 members (excludes halogenated alkanes) is 1. The summed E-state index contributed by atoms with van der Waals surface area (Å²) < 4.78 is 0. The zero-order valence-electron chi connectivity index (χ0n) is 5.74. The van der Waals surface area contributed by atoms with Gasteiger partial charge in [0.1, 0.15) is 0 Å². The minimum atomic E-state index is 0.0726. The summed E-state index contributed by atoms with van der Waals surface area (Å²) >= 11 is 0. The monoisotopic (exact) mass is 129 g/mol. The van der Waals surface area contributed by atoms with Gasteiger partial charge in [0.05, 0.1) is 0 Å². The predicted molar refractivity (Wildman–Crippen MR) is 35.9 cm³/mol. The van der Waals surface area contributed by atoms with Crippen LogP contribution in [0.3, 0.4) is 0 Å². The van der Waals surface area contributed by atoms with E-state index in [0.29, 0.717) is 13.0 Å². The van der Waals surface area contributed by atoms with E-state index in [9.17, 15) is 4.79 Å². The molecule has 0 aromatic rings. The molecule has 0 bridgehead atoms. The van der Waals surface area contributed by atoms with Crippen LogP contribution in [-0.2, 0) is 4.79 Å². The van der Waals surface area contributed by atoms with Crippen molar-refractivity contribution in [3.8, 4) is 0 Å². The van der Waals surface area contributed by atoms with Gasteiger partial charge in [0.25, 0.3) is 0 Å². The Morgan fingerprint density at radius 2 is 2.22 bits per heavy atom. The van der Waals surface area contributed by atoms with Crippen molar-refractivity contribution in [2.75, 3.05) is 13.6 Å². The molecule has 9 heavy (non-hydrogen) atoms. The Morgan fingerprint density at radius 3 is 2.67 bits per heavy atom. The molecule has 0 aliphatic carbocycles. The number of hydrogen-bond donors (Lipinski definition) is 1. The van der Waals surface area contributed by atoms with Gasteiger partial charge in [-0.25, -0.2) is 0 Å². The van der Waals surface area contributed by atoms with Crippen LogP contribution >= 0.6 is 0 Å². The van der Waals surface area contributed by atoms with E-state index in [2.05, 4.69) is 5.32 Å². The largest absolute Gasteiger partial charge is 0.359 e. The van der Waals surface area contributed by atoms with Gasteiger partial charge in [-0.3, -0.25) is 10.5 Å². The highest BCUT2D eigenvalue weighted by Crippen LogP contribution is 1.91. The lowest BCUT2D eigenvalue weighted by Crippen LogP contribution is -2.17. The van der Waals surface area contributed by atoms with E-state index in [1.807, 2.05) is 0 Å². The first-order valence-corrected chi connectivity index (χ1v) is 3.16. The molecule has 2 N–H and O–H groups in total. The lowest BCUT2D eigenvalue weighted by atomic mass is 10.2. The Balaban J connectivity index is 2.97. The topological polar surface area (TPSA) is 52.9 Å². The first kappa shape index (κ1) is 8.43. The molecule has 3 nitrogen and oxygen atoms in total. The molecule has 0 heterocycles. The van der Waals surface area contributed by atoms with Crippen molar-refractivity contribution in [3.05, 3.63) is 0 Å². The van der Waals surface area contributed by atoms with Crippen LogP contribution in [0.2, 0.25) is 0 Å². The maximum absolute atomic E-state index is 10.5. The average molecular weight is 129 g/mol. The zero-order chi connectivity index (χ0) is 7.11. The van der Waals surface area contributed by atoms with E-state index in [4.69, 9.17) is 5.73 Å². The minimum Gasteiger partial charge on any atom is -0.359 e. The van der Waals surface area contributed by atoms with Crippen molar-refractivity contribution in [2.45, 2.75) is 19.3 Å². The molecule has 0 saturated heterocycles. The van der Waals surface area contributed by atoms with Crippen molar-refractivity contribution in [1.82, 2.24) is 11.1 Å². The van der Waals surface area contributed by atoms with Crippen molar-refractivity contribution < 1.29 is 4.79 Å². The molecule has 0 aliphatic rings. The van der Waals surface area contributed by atoms with E-state index >= 15 is 0 Å². The number of carbonyl (C=O) groups excluding carboxylic acids is 1. The second-order valence-electron chi connectivity index (χ2n) is 1.88. The van der Waals surface area contributed by atoms with Gasteiger partial charge in [0.2, 0.25) is 5.91 Å². The van der Waals surface area contributed by atoms with Gasteiger partial charge in [0, 0.05) is 20.0 Å². The molecule has 1 amide bonds. The third-order valence-electron chi connectivity index (χ3n) is 1.11. The van der Waals surface area contributed by atoms with E-state index < -0.39 is 0 Å². The minimum absolute atomic E-state index is 0.0726. The van der Waals surface area contributed by atoms with E-state index in [0.717, 1.165) is 12.8 Å². The SMILES string of the molecule is CNC(=O)CCCC[NH]. The number of hydrogen-bond acceptors (Lipinski definition) is 1. The molecule has 1 radical (unpaired) electrons. The highest BCUT2D eigenvalue weighted by Gasteiger charge is 1.94. The third kappa shape index (κ3) is 5.30. The highest BCUT2D eigenvalue weighted by molar-refractivity contribution is 5.75. The van der Waals surface area contributed by atoms with Gasteiger partial charge in [0.15, 0.2) is 0 Å². The van der Waals surface area contributed by atoms with Gasteiger partial charge in [-0.2, -0.15) is 0 Å². The van der Waals surface area contributed by atoms with E-state index in [1.165, 1.54) is 0 Å². The molecular formula is C6H13N2O. The molecule has 0 aromatic carbocycles. The Bertz CT molecular complexity index is 83.1. The smallest absolute Gasteiger partial charge is 0.219 e. The Labute approximate surface area is 55.6 Å². The van der Waals surface area contributed by atoms with Crippen LogP contribution in [0.5, 0.6) is 0 Å². The second kappa shape index (κ2) is 5.56. The maximum atomic E-state index is 10.5. The first-order chi connectivity index (χ1) is 4.31. The average Bonchev–Trinajstić information content (AvgIpc) is 1.89. The van der Waals surface area contributed by atoms with Gasteiger partial charge in [-0.15, -0.1) is 0 Å². The van der Waals surface area contributed by atoms with Gasteiger partial charge in [-0.1, -0.05) is 0 Å². The zero-order valence-corrected chi connectivity index (χ0v) is 5.74. The normalized spacial score (nSPS) is 9.11. The van der Waals surface area contributed by atoms with Gasteiger partial charge >= 0.3 is 0 Å². The lowest BCUT2D eigenvalue weighted by Gasteiger charge is -1.95. The quantitative estimate of drug-likeness (QED) is 0.541. The van der Waals surface area contributed by atoms with Crippen molar-refractivity contribution >= 4 is 5.91 Å². The molecular weight excluding hydrogens is 116 g/mol. The Kier molecular flexibility index (Phi) is 5.21. The van der Waals surface area contributed by atoms with E-state index in [1.54, 1.807) is 7.05 Å². The maximum Gasteiger partial charge on any atom is 0.219 e. The summed E-state index contributed by atoms with van der Waals surface area (Å²) in [6.45, 7) is 0.428. The van der Waals surface area contributed by atoms with Gasteiger partial charge in [-0.05, 0) is 12.8 Å². The molecule has 0 aliphatic heterocycles. The lowest BCUT2D eigenvalue weighted by molar-refractivity contribution is -0.120. The number of amides is 1. The van der Waals surface area contributed by atoms with Crippen LogP contribution in [0.1, 0.15) is 19.3 Å². The summed E-state index contributed by atoms with van der Waals surface area (Å²) in [4.78, 5) is 10.5. The fourth-order valence-electron chi connectivity index (χ4n) is 0.536. The molecule has 0 unspecified atom stereocenters. The number of nitrogens with one attached hydrogen (secondary N) is 2. The van der Waals surface area contributed by atoms with Gasteiger partial charge < -0.3 is 5.32 Å². The fraction of sp³-hybridized carbons (Fsp3) is 0.833. The van der Waals surface area contributed by atoms with Crippen LogP contribution in [0.15, 0.2) is 0 Å². The second-order valence-corrected chi connectivity index (χ2v) is 1.88. The summed E-state index contributed by atoms with van der Waals surface area (Å²) in [5.74, 6) is 0.0726. The van der Waals surface area contributed by atoms with Crippen molar-refractivity contribution in [3.63, 3.8) is 0 Å². The summed E-state index contributed by atoms with van der Waals surface area (Å²) in [6.07, 6.45) is 2.23. The number of carbonyl (C=O) groups is 1. The summed E-state index contributed by atoms with van der Waals surface area (Å²) in [5, 5.41) is 2.52. The van der Waals surface area contributed by atoms with Crippen LogP contribution in [-0.4, -0.2) is 19.5 Å². The van der Waals surface area contributed by atoms with Crippen LogP contribution < -0.4 is 11.1 Å². The van der Waals surface area contributed by atoms with Crippen molar-refractivity contribution in [1.29, 1.82) is 0 Å². The summed E-state index contributed by atoms with van der Waals surface area (Å²) in [6, 6.07) is 0. The molecule has 0 rings (SSSR count). The molecule has 0 aromatic heterocycles. The molecule has 53 valence electrons. The Morgan fingerprint density at radius 1 is 1.56 bits per heavy atom. The molecule has 0 saturated carbocycles.